The number of allylic oxidation sites excluding steroid dienone is 1. The van der Waals surface area contributed by atoms with E-state index in [4.69, 9.17) is 23.7 Å². The molecule has 16 nitrogen and oxygen atoms in total. The first-order valence-corrected chi connectivity index (χ1v) is 18.0. The van der Waals surface area contributed by atoms with E-state index in [9.17, 15) is 49.5 Å². The van der Waals surface area contributed by atoms with Gasteiger partial charge in [0.1, 0.15) is 41.7 Å². The number of ether oxygens (including phenoxy) is 5. The SMILES string of the molecule is COC(=O)[C@]1(C)CC/C=C/[C@H](OC(=O)N[C@H]2CC(O[C@H]3C[C@](O)(C(=O)CO)Cc4c(O)c5c(c(O)c43)C(=O)c3c(OC)cccc3C5=O)O[C@@H](C)[C@H]2O)CC1. The van der Waals surface area contributed by atoms with E-state index in [-0.39, 0.29) is 40.4 Å². The fourth-order valence-electron chi connectivity index (χ4n) is 8.06. The van der Waals surface area contributed by atoms with Crippen molar-refractivity contribution in [2.75, 3.05) is 20.8 Å². The average Bonchev–Trinajstić information content (AvgIpc) is 3.15. The van der Waals surface area contributed by atoms with Gasteiger partial charge in [-0.2, -0.15) is 0 Å². The Morgan fingerprint density at radius 1 is 1.04 bits per heavy atom. The van der Waals surface area contributed by atoms with E-state index in [1.54, 1.807) is 13.0 Å². The fraction of sp³-hybridized carbons (Fsp3) is 0.513. The highest BCUT2D eigenvalue weighted by Crippen LogP contribution is 2.52. The van der Waals surface area contributed by atoms with E-state index in [1.165, 1.54) is 39.3 Å². The van der Waals surface area contributed by atoms with Gasteiger partial charge in [-0.05, 0) is 51.7 Å². The first-order valence-electron chi connectivity index (χ1n) is 18.0. The Balaban J connectivity index is 1.28. The van der Waals surface area contributed by atoms with Gasteiger partial charge in [-0.25, -0.2) is 4.79 Å². The molecule has 0 spiro atoms. The lowest BCUT2D eigenvalue weighted by Gasteiger charge is -2.42. The molecule has 1 unspecified atom stereocenters. The second-order valence-corrected chi connectivity index (χ2v) is 14.7. The van der Waals surface area contributed by atoms with Crippen LogP contribution in [0.3, 0.4) is 0 Å². The molecule has 0 saturated carbocycles. The van der Waals surface area contributed by atoms with Gasteiger partial charge in [0.15, 0.2) is 17.9 Å². The molecular formula is C39H45NO15. The maximum absolute atomic E-state index is 13.9. The molecule has 6 rings (SSSR count). The van der Waals surface area contributed by atoms with Gasteiger partial charge in [-0.3, -0.25) is 19.2 Å². The third kappa shape index (κ3) is 7.20. The van der Waals surface area contributed by atoms with Crippen molar-refractivity contribution < 1.29 is 73.2 Å². The van der Waals surface area contributed by atoms with Crippen molar-refractivity contribution in [3.8, 4) is 17.2 Å². The number of esters is 1. The number of benzene rings is 2. The summed E-state index contributed by atoms with van der Waals surface area (Å²) < 4.78 is 28.1. The summed E-state index contributed by atoms with van der Waals surface area (Å²) in [6.07, 6.45) is -2.57. The molecular weight excluding hydrogens is 722 g/mol. The largest absolute Gasteiger partial charge is 0.507 e. The van der Waals surface area contributed by atoms with Crippen LogP contribution < -0.4 is 10.1 Å². The molecule has 8 atom stereocenters. The van der Waals surface area contributed by atoms with Gasteiger partial charge in [0, 0.05) is 36.0 Å². The molecule has 1 saturated heterocycles. The number of phenolic OH excluding ortho intramolecular Hbond substituents is 2. The lowest BCUT2D eigenvalue weighted by atomic mass is 9.72. The van der Waals surface area contributed by atoms with Crippen molar-refractivity contribution in [1.29, 1.82) is 0 Å². The highest BCUT2D eigenvalue weighted by molar-refractivity contribution is 6.31. The number of carbonyl (C=O) groups excluding carboxylic acids is 5. The number of methoxy groups -OCH3 is 2. The number of aliphatic hydroxyl groups excluding tert-OH is 2. The van der Waals surface area contributed by atoms with Gasteiger partial charge in [0.05, 0.1) is 54.6 Å². The molecule has 1 amide bonds. The molecule has 0 radical (unpaired) electrons. The molecule has 3 aliphatic carbocycles. The monoisotopic (exact) mass is 767 g/mol. The molecule has 55 heavy (non-hydrogen) atoms. The van der Waals surface area contributed by atoms with E-state index in [0.717, 1.165) is 0 Å². The zero-order valence-corrected chi connectivity index (χ0v) is 30.8. The van der Waals surface area contributed by atoms with Gasteiger partial charge >= 0.3 is 12.1 Å². The van der Waals surface area contributed by atoms with Crippen LogP contribution in [0.1, 0.15) is 101 Å². The first kappa shape index (κ1) is 39.8. The van der Waals surface area contributed by atoms with Crippen LogP contribution in [0.4, 0.5) is 4.79 Å². The number of amides is 1. The third-order valence-electron chi connectivity index (χ3n) is 11.2. The molecule has 16 heteroatoms. The normalized spacial score (nSPS) is 30.7. The van der Waals surface area contributed by atoms with Crippen LogP contribution in [-0.2, 0) is 35.0 Å². The average molecular weight is 768 g/mol. The quantitative estimate of drug-likeness (QED) is 0.110. The van der Waals surface area contributed by atoms with Gasteiger partial charge in [0.25, 0.3) is 0 Å². The van der Waals surface area contributed by atoms with Crippen LogP contribution in [-0.4, -0.2) is 112 Å². The predicted octanol–water partition coefficient (Wildman–Crippen LogP) is 2.45. The summed E-state index contributed by atoms with van der Waals surface area (Å²) in [6.45, 7) is 2.22. The van der Waals surface area contributed by atoms with Crippen LogP contribution in [0, 0.1) is 5.41 Å². The molecule has 6 N–H and O–H groups in total. The van der Waals surface area contributed by atoms with E-state index < -0.39 is 113 Å². The lowest BCUT2D eigenvalue weighted by Crippen LogP contribution is -2.56. The topological polar surface area (TPSA) is 245 Å². The van der Waals surface area contributed by atoms with Gasteiger partial charge in [0.2, 0.25) is 5.78 Å². The number of carbonyl (C=O) groups is 5. The molecule has 4 aliphatic rings. The molecule has 2 aromatic rings. The number of hydrogen-bond acceptors (Lipinski definition) is 15. The number of ketones is 3. The smallest absolute Gasteiger partial charge is 0.408 e. The molecule has 1 fully saturated rings. The van der Waals surface area contributed by atoms with E-state index in [0.29, 0.717) is 25.7 Å². The van der Waals surface area contributed by atoms with Crippen LogP contribution in [0.25, 0.3) is 0 Å². The van der Waals surface area contributed by atoms with E-state index in [1.807, 2.05) is 6.08 Å². The summed E-state index contributed by atoms with van der Waals surface area (Å²) in [4.78, 5) is 66.2. The lowest BCUT2D eigenvalue weighted by molar-refractivity contribution is -0.249. The minimum Gasteiger partial charge on any atom is -0.507 e. The van der Waals surface area contributed by atoms with Crippen molar-refractivity contribution in [1.82, 2.24) is 5.32 Å². The Hall–Kier alpha value is -4.87. The number of aliphatic hydroxyl groups is 3. The van der Waals surface area contributed by atoms with Crippen molar-refractivity contribution in [3.63, 3.8) is 0 Å². The number of rotatable bonds is 8. The molecule has 1 heterocycles. The number of phenols is 2. The van der Waals surface area contributed by atoms with Crippen LogP contribution >= 0.6 is 0 Å². The summed E-state index contributed by atoms with van der Waals surface area (Å²) in [6, 6.07) is 3.28. The van der Waals surface area contributed by atoms with Crippen LogP contribution in [0.5, 0.6) is 17.2 Å². The summed E-state index contributed by atoms with van der Waals surface area (Å²) >= 11 is 0. The van der Waals surface area contributed by atoms with Gasteiger partial charge in [-0.15, -0.1) is 0 Å². The molecule has 1 aliphatic heterocycles. The van der Waals surface area contributed by atoms with E-state index >= 15 is 0 Å². The summed E-state index contributed by atoms with van der Waals surface area (Å²) in [5, 5.41) is 58.3. The fourth-order valence-corrected chi connectivity index (χ4v) is 8.06. The molecule has 296 valence electrons. The second kappa shape index (κ2) is 15.3. The van der Waals surface area contributed by atoms with Gasteiger partial charge < -0.3 is 54.5 Å². The molecule has 0 aromatic heterocycles. The molecule has 2 aromatic carbocycles. The number of fused-ring (bicyclic) bond motifs is 3. The number of alkyl carbamates (subject to hydrolysis) is 1. The minimum absolute atomic E-state index is 0.0549. The van der Waals surface area contributed by atoms with E-state index in [2.05, 4.69) is 5.32 Å². The summed E-state index contributed by atoms with van der Waals surface area (Å²) in [5.41, 5.74) is -4.88. The number of Topliss-reactive ketones (excluding diaryl/α,β-unsaturated/α-hetero) is 1. The van der Waals surface area contributed by atoms with Crippen LogP contribution in [0.15, 0.2) is 30.4 Å². The Bertz CT molecular complexity index is 1940. The number of nitrogens with one attached hydrogen (secondary N) is 1. The number of aromatic hydroxyl groups is 2. The summed E-state index contributed by atoms with van der Waals surface area (Å²) in [5.74, 6) is -4.48. The van der Waals surface area contributed by atoms with Crippen molar-refractivity contribution >= 4 is 29.4 Å². The van der Waals surface area contributed by atoms with Crippen molar-refractivity contribution in [2.24, 2.45) is 5.41 Å². The highest BCUT2D eigenvalue weighted by Gasteiger charge is 2.50. The minimum atomic E-state index is -2.36. The van der Waals surface area contributed by atoms with Gasteiger partial charge in [-0.1, -0.05) is 18.2 Å². The third-order valence-corrected chi connectivity index (χ3v) is 11.2. The Morgan fingerprint density at radius 3 is 2.45 bits per heavy atom. The zero-order valence-electron chi connectivity index (χ0n) is 30.8. The Labute approximate surface area is 316 Å². The standard InChI is InChI=1S/C39H45NO15/c1-18-31(43)22(40-37(49)54-19-8-5-6-12-38(2,13-11-19)36(48)52-4)14-26(53-18)55-24-16-39(50,25(42)17-41)15-21-28(24)35(47)30-29(33(21)45)32(44)20-9-7-10-23(51-3)27(20)34(30)46/h5,7-10,18-19,22,24,26,31,41,43,45,47,50H,6,11-17H2,1-4H3,(H,40,49)/b8-5+/t18-,19-,22-,24-,26?,31+,38+,39-/m0/s1. The maximum atomic E-state index is 13.9. The maximum Gasteiger partial charge on any atom is 0.408 e. The zero-order chi connectivity index (χ0) is 40.0. The van der Waals surface area contributed by atoms with Crippen molar-refractivity contribution in [2.45, 2.75) is 101 Å². The second-order valence-electron chi connectivity index (χ2n) is 14.7. The predicted molar refractivity (Wildman–Crippen MR) is 189 cm³/mol. The summed E-state index contributed by atoms with van der Waals surface area (Å²) in [7, 11) is 2.62. The highest BCUT2D eigenvalue weighted by atomic mass is 16.7. The van der Waals surface area contributed by atoms with Crippen LogP contribution in [0.2, 0.25) is 0 Å². The van der Waals surface area contributed by atoms with Crippen molar-refractivity contribution in [3.05, 3.63) is 63.7 Å². The Morgan fingerprint density at radius 2 is 1.76 bits per heavy atom. The molecule has 0 bridgehead atoms. The first-order chi connectivity index (χ1) is 26.1. The number of hydrogen-bond donors (Lipinski definition) is 6. The Kier molecular flexibility index (Phi) is 11.1.